The zero-order valence-corrected chi connectivity index (χ0v) is 8.65. The summed E-state index contributed by atoms with van der Waals surface area (Å²) in [7, 11) is -4.37. The van der Waals surface area contributed by atoms with Crippen molar-refractivity contribution in [2.75, 3.05) is 5.32 Å². The van der Waals surface area contributed by atoms with Crippen LogP contribution in [0.1, 0.15) is 0 Å². The molecule has 0 atom stereocenters. The minimum atomic E-state index is -4.37. The highest BCUT2D eigenvalue weighted by atomic mass is 31.2. The molecule has 0 aromatic heterocycles. The van der Waals surface area contributed by atoms with E-state index in [9.17, 15) is 9.36 Å². The first-order valence-electron chi connectivity index (χ1n) is 4.03. The molecule has 0 radical (unpaired) electrons. The van der Waals surface area contributed by atoms with Gasteiger partial charge in [-0.2, -0.15) is 0 Å². The molecule has 0 aliphatic heterocycles. The molecule has 0 aliphatic carbocycles. The first-order valence-corrected chi connectivity index (χ1v) is 5.65. The van der Waals surface area contributed by atoms with E-state index in [1.165, 1.54) is 18.2 Å². The Labute approximate surface area is 86.6 Å². The van der Waals surface area contributed by atoms with Gasteiger partial charge in [0.05, 0.1) is 11.0 Å². The lowest BCUT2D eigenvalue weighted by molar-refractivity contribution is -0.111. The van der Waals surface area contributed by atoms with Gasteiger partial charge >= 0.3 is 7.60 Å². The Bertz CT molecular complexity index is 437. The van der Waals surface area contributed by atoms with E-state index in [4.69, 9.17) is 9.79 Å². The molecule has 5 nitrogen and oxygen atoms in total. The summed E-state index contributed by atoms with van der Waals surface area (Å²) >= 11 is 0. The SMILES string of the molecule is C=CC(=O)Nc1ccccc1P(=O)(O)O. The highest BCUT2D eigenvalue weighted by Crippen LogP contribution is 2.36. The normalized spacial score (nSPS) is 10.8. The Morgan fingerprint density at radius 2 is 2.00 bits per heavy atom. The van der Waals surface area contributed by atoms with E-state index < -0.39 is 13.5 Å². The van der Waals surface area contributed by atoms with E-state index >= 15 is 0 Å². The van der Waals surface area contributed by atoms with Gasteiger partial charge in [0.1, 0.15) is 0 Å². The fraction of sp³-hybridized carbons (Fsp3) is 0. The first kappa shape index (κ1) is 11.7. The Kier molecular flexibility index (Phi) is 3.42. The number of hydrogen-bond donors (Lipinski definition) is 3. The van der Waals surface area contributed by atoms with Crippen molar-refractivity contribution in [2.24, 2.45) is 0 Å². The van der Waals surface area contributed by atoms with Crippen molar-refractivity contribution >= 4 is 24.5 Å². The van der Waals surface area contributed by atoms with Crippen LogP contribution < -0.4 is 10.6 Å². The zero-order chi connectivity index (χ0) is 11.5. The summed E-state index contributed by atoms with van der Waals surface area (Å²) in [4.78, 5) is 29.0. The lowest BCUT2D eigenvalue weighted by Crippen LogP contribution is -2.16. The lowest BCUT2D eigenvalue weighted by atomic mass is 10.3. The Hall–Kier alpha value is -1.42. The van der Waals surface area contributed by atoms with Crippen molar-refractivity contribution in [2.45, 2.75) is 0 Å². The smallest absolute Gasteiger partial charge is 0.322 e. The summed E-state index contributed by atoms with van der Waals surface area (Å²) in [6.07, 6.45) is 1.02. The Morgan fingerprint density at radius 1 is 1.40 bits per heavy atom. The number of anilines is 1. The van der Waals surface area contributed by atoms with Gasteiger partial charge in [0.2, 0.25) is 5.91 Å². The van der Waals surface area contributed by atoms with Crippen LogP contribution in [0.3, 0.4) is 0 Å². The molecule has 1 rings (SSSR count). The van der Waals surface area contributed by atoms with Gasteiger partial charge in [-0.3, -0.25) is 9.36 Å². The minimum absolute atomic E-state index is 0.0933. The third kappa shape index (κ3) is 3.02. The maximum atomic E-state index is 11.0. The van der Waals surface area contributed by atoms with Crippen molar-refractivity contribution in [3.05, 3.63) is 36.9 Å². The first-order chi connectivity index (χ1) is 6.95. The molecule has 0 bridgehead atoms. The zero-order valence-electron chi connectivity index (χ0n) is 7.75. The van der Waals surface area contributed by atoms with Gasteiger partial charge in [-0.1, -0.05) is 18.7 Å². The number of para-hydroxylation sites is 1. The number of nitrogens with one attached hydrogen (secondary N) is 1. The Balaban J connectivity index is 3.13. The molecular weight excluding hydrogens is 217 g/mol. The van der Waals surface area contributed by atoms with Gasteiger partial charge in [0.15, 0.2) is 0 Å². The van der Waals surface area contributed by atoms with E-state index in [1.807, 2.05) is 0 Å². The van der Waals surface area contributed by atoms with Crippen molar-refractivity contribution in [3.8, 4) is 0 Å². The topological polar surface area (TPSA) is 86.6 Å². The van der Waals surface area contributed by atoms with Crippen LogP contribution in [0.25, 0.3) is 0 Å². The molecule has 1 aromatic rings. The molecule has 6 heteroatoms. The predicted octanol–water partition coefficient (Wildman–Crippen LogP) is 0.614. The second-order valence-electron chi connectivity index (χ2n) is 2.75. The molecule has 0 saturated heterocycles. The van der Waals surface area contributed by atoms with Crippen LogP contribution in [0.15, 0.2) is 36.9 Å². The van der Waals surface area contributed by atoms with Crippen LogP contribution in [-0.4, -0.2) is 15.7 Å². The largest absolute Gasteiger partial charge is 0.358 e. The van der Waals surface area contributed by atoms with Gasteiger partial charge in [0, 0.05) is 0 Å². The van der Waals surface area contributed by atoms with E-state index in [0.29, 0.717) is 0 Å². The average Bonchev–Trinajstić information content (AvgIpc) is 2.17. The molecule has 0 spiro atoms. The monoisotopic (exact) mass is 227 g/mol. The lowest BCUT2D eigenvalue weighted by Gasteiger charge is -2.10. The summed E-state index contributed by atoms with van der Waals surface area (Å²) in [5, 5.41) is 2.11. The van der Waals surface area contributed by atoms with E-state index in [2.05, 4.69) is 11.9 Å². The van der Waals surface area contributed by atoms with Gasteiger partial charge in [0.25, 0.3) is 0 Å². The van der Waals surface area contributed by atoms with Crippen molar-refractivity contribution in [1.82, 2.24) is 0 Å². The molecule has 80 valence electrons. The van der Waals surface area contributed by atoms with Gasteiger partial charge in [-0.25, -0.2) is 0 Å². The fourth-order valence-electron chi connectivity index (χ4n) is 1.02. The van der Waals surface area contributed by atoms with E-state index in [1.54, 1.807) is 6.07 Å². The molecule has 1 amide bonds. The summed E-state index contributed by atoms with van der Waals surface area (Å²) in [6, 6.07) is 5.73. The van der Waals surface area contributed by atoms with Crippen LogP contribution >= 0.6 is 7.60 Å². The van der Waals surface area contributed by atoms with Crippen LogP contribution in [0, 0.1) is 0 Å². The molecule has 1 aromatic carbocycles. The number of carbonyl (C=O) groups excluding carboxylic acids is 1. The molecule has 15 heavy (non-hydrogen) atoms. The number of carbonyl (C=O) groups is 1. The predicted molar refractivity (Wildman–Crippen MR) is 56.9 cm³/mol. The molecule has 0 fully saturated rings. The summed E-state index contributed by atoms with van der Waals surface area (Å²) in [5.74, 6) is -0.518. The molecule has 0 unspecified atom stereocenters. The number of amides is 1. The summed E-state index contributed by atoms with van der Waals surface area (Å²) < 4.78 is 11.0. The second-order valence-corrected chi connectivity index (χ2v) is 4.32. The molecule has 3 N–H and O–H groups in total. The Morgan fingerprint density at radius 3 is 2.53 bits per heavy atom. The standard InChI is InChI=1S/C9H10NO4P/c1-2-9(11)10-7-5-3-4-6-8(7)15(12,13)14/h2-6H,1H2,(H,10,11)(H2,12,13,14). The van der Waals surface area contributed by atoms with Crippen molar-refractivity contribution < 1.29 is 19.1 Å². The maximum Gasteiger partial charge on any atom is 0.358 e. The maximum absolute atomic E-state index is 11.0. The molecular formula is C9H10NO4P. The molecule has 0 heterocycles. The second kappa shape index (κ2) is 4.40. The van der Waals surface area contributed by atoms with E-state index in [0.717, 1.165) is 6.08 Å². The highest BCUT2D eigenvalue weighted by molar-refractivity contribution is 7.60. The molecule has 0 aliphatic rings. The van der Waals surface area contributed by atoms with Crippen molar-refractivity contribution in [1.29, 1.82) is 0 Å². The van der Waals surface area contributed by atoms with Gasteiger partial charge in [-0.15, -0.1) is 0 Å². The minimum Gasteiger partial charge on any atom is -0.322 e. The van der Waals surface area contributed by atoms with Crippen LogP contribution in [-0.2, 0) is 9.36 Å². The van der Waals surface area contributed by atoms with Gasteiger partial charge in [-0.05, 0) is 18.2 Å². The van der Waals surface area contributed by atoms with E-state index in [-0.39, 0.29) is 11.0 Å². The molecule has 0 saturated carbocycles. The number of rotatable bonds is 3. The number of hydrogen-bond acceptors (Lipinski definition) is 2. The average molecular weight is 227 g/mol. The summed E-state index contributed by atoms with van der Waals surface area (Å²) in [6.45, 7) is 3.24. The number of benzene rings is 1. The fourth-order valence-corrected chi connectivity index (χ4v) is 1.74. The third-order valence-electron chi connectivity index (χ3n) is 1.66. The summed E-state index contributed by atoms with van der Waals surface area (Å²) in [5.41, 5.74) is 0.0933. The van der Waals surface area contributed by atoms with Crippen molar-refractivity contribution in [3.63, 3.8) is 0 Å². The third-order valence-corrected chi connectivity index (χ3v) is 2.68. The van der Waals surface area contributed by atoms with Gasteiger partial charge < -0.3 is 15.1 Å². The quantitative estimate of drug-likeness (QED) is 0.521. The van der Waals surface area contributed by atoms with Crippen LogP contribution in [0.2, 0.25) is 0 Å². The van der Waals surface area contributed by atoms with Crippen LogP contribution in [0.4, 0.5) is 5.69 Å². The highest BCUT2D eigenvalue weighted by Gasteiger charge is 2.21. The van der Waals surface area contributed by atoms with Crippen LogP contribution in [0.5, 0.6) is 0 Å².